The largest absolute Gasteiger partial charge is 0.502 e. The molecule has 0 aromatic heterocycles. The minimum Gasteiger partial charge on any atom is -0.502 e. The van der Waals surface area contributed by atoms with Crippen LogP contribution in [-0.2, 0) is 14.3 Å². The van der Waals surface area contributed by atoms with Crippen molar-refractivity contribution in [2.45, 2.75) is 56.9 Å². The zero-order valence-electron chi connectivity index (χ0n) is 13.0. The molecule has 0 aromatic rings. The zero-order chi connectivity index (χ0) is 17.7. The summed E-state index contributed by atoms with van der Waals surface area (Å²) >= 11 is 0. The molecule has 0 radical (unpaired) electrons. The first-order valence-corrected chi connectivity index (χ1v) is 7.29. The fraction of sp³-hybridized carbons (Fsp3) is 0.786. The molecular weight excluding hydrogens is 312 g/mol. The van der Waals surface area contributed by atoms with E-state index in [0.717, 1.165) is 0 Å². The highest BCUT2D eigenvalue weighted by molar-refractivity contribution is 5.89. The van der Waals surface area contributed by atoms with Crippen LogP contribution in [0.2, 0.25) is 0 Å². The average Bonchev–Trinajstić information content (AvgIpc) is 2.80. The Balaban J connectivity index is 0.000000231. The lowest BCUT2D eigenvalue weighted by molar-refractivity contribution is -0.187. The van der Waals surface area contributed by atoms with Crippen LogP contribution in [0.4, 0.5) is 0 Å². The molecule has 9 nitrogen and oxygen atoms in total. The van der Waals surface area contributed by atoms with Gasteiger partial charge in [-0.15, -0.1) is 0 Å². The molecule has 0 bridgehead atoms. The number of carbonyl (C=O) groups is 1. The molecule has 0 aliphatic carbocycles. The van der Waals surface area contributed by atoms with Crippen molar-refractivity contribution in [1.82, 2.24) is 0 Å². The van der Waals surface area contributed by atoms with Gasteiger partial charge in [0.2, 0.25) is 5.76 Å². The normalized spacial score (nSPS) is 35.4. The Hall–Kier alpha value is -1.23. The van der Waals surface area contributed by atoms with Crippen LogP contribution in [0, 0.1) is 0 Å². The number of aliphatic hydroxyl groups excluding tert-OH is 6. The van der Waals surface area contributed by atoms with Crippen LogP contribution in [0.15, 0.2) is 11.3 Å². The second-order valence-electron chi connectivity index (χ2n) is 5.44. The Morgan fingerprint density at radius 1 is 1.26 bits per heavy atom. The van der Waals surface area contributed by atoms with Gasteiger partial charge in [0, 0.05) is 5.57 Å². The second kappa shape index (κ2) is 8.57. The standard InChI is InChI=1S/C7H10O5.C7H14O4/c1-3-5(10)7(11)12-6(3)4(9)2-8;1-2-5-7(10)6(9)4(8)3-11-5/h4,6,8-10H,2H2,1H3;4-10H,2-3H2,1H3/t;4-,5?,6?,7+/m.1/s1. The highest BCUT2D eigenvalue weighted by Crippen LogP contribution is 2.22. The molecule has 1 saturated heterocycles. The van der Waals surface area contributed by atoms with Crippen molar-refractivity contribution in [2.75, 3.05) is 13.2 Å². The van der Waals surface area contributed by atoms with Crippen LogP contribution in [0.3, 0.4) is 0 Å². The van der Waals surface area contributed by atoms with E-state index in [1.165, 1.54) is 6.92 Å². The van der Waals surface area contributed by atoms with E-state index in [0.29, 0.717) is 6.42 Å². The molecule has 23 heavy (non-hydrogen) atoms. The third-order valence-electron chi connectivity index (χ3n) is 3.77. The molecule has 1 fully saturated rings. The lowest BCUT2D eigenvalue weighted by Gasteiger charge is -2.34. The molecule has 9 heteroatoms. The van der Waals surface area contributed by atoms with Crippen molar-refractivity contribution in [3.8, 4) is 0 Å². The van der Waals surface area contributed by atoms with E-state index in [4.69, 9.17) is 30.3 Å². The first-order valence-electron chi connectivity index (χ1n) is 7.29. The molecule has 2 heterocycles. The lowest BCUT2D eigenvalue weighted by Crippen LogP contribution is -2.52. The van der Waals surface area contributed by atoms with Crippen molar-refractivity contribution in [3.63, 3.8) is 0 Å². The zero-order valence-corrected chi connectivity index (χ0v) is 13.0. The van der Waals surface area contributed by atoms with E-state index in [-0.39, 0.29) is 18.3 Å². The summed E-state index contributed by atoms with van der Waals surface area (Å²) in [6.07, 6.45) is -4.75. The van der Waals surface area contributed by atoms with E-state index in [1.54, 1.807) is 0 Å². The number of carbonyl (C=O) groups excluding carboxylic acids is 1. The van der Waals surface area contributed by atoms with Crippen molar-refractivity contribution < 1.29 is 44.9 Å². The molecular formula is C14H24O9. The van der Waals surface area contributed by atoms with Gasteiger partial charge in [-0.05, 0) is 13.3 Å². The van der Waals surface area contributed by atoms with Crippen LogP contribution in [0.5, 0.6) is 0 Å². The molecule has 0 saturated carbocycles. The highest BCUT2D eigenvalue weighted by Gasteiger charge is 2.36. The van der Waals surface area contributed by atoms with Gasteiger partial charge in [-0.1, -0.05) is 6.92 Å². The van der Waals surface area contributed by atoms with Gasteiger partial charge >= 0.3 is 5.97 Å². The van der Waals surface area contributed by atoms with Gasteiger partial charge < -0.3 is 40.1 Å². The van der Waals surface area contributed by atoms with Gasteiger partial charge in [0.05, 0.1) is 19.3 Å². The van der Waals surface area contributed by atoms with E-state index >= 15 is 0 Å². The molecule has 0 amide bonds. The number of esters is 1. The van der Waals surface area contributed by atoms with Crippen LogP contribution >= 0.6 is 0 Å². The summed E-state index contributed by atoms with van der Waals surface area (Å²) in [5, 5.41) is 54.1. The van der Waals surface area contributed by atoms with E-state index in [2.05, 4.69) is 4.74 Å². The topological polar surface area (TPSA) is 157 Å². The fourth-order valence-corrected chi connectivity index (χ4v) is 2.24. The molecule has 0 aromatic carbocycles. The Morgan fingerprint density at radius 3 is 2.30 bits per heavy atom. The predicted octanol–water partition coefficient (Wildman–Crippen LogP) is -2.03. The Kier molecular flexibility index (Phi) is 7.39. The molecule has 6 atom stereocenters. The molecule has 134 valence electrons. The van der Waals surface area contributed by atoms with Gasteiger partial charge in [-0.2, -0.15) is 0 Å². The Bertz CT molecular complexity index is 434. The van der Waals surface area contributed by atoms with Crippen LogP contribution in [-0.4, -0.2) is 86.4 Å². The molecule has 0 spiro atoms. The molecule has 6 N–H and O–H groups in total. The van der Waals surface area contributed by atoms with Gasteiger partial charge in [-0.3, -0.25) is 0 Å². The minimum atomic E-state index is -1.17. The van der Waals surface area contributed by atoms with Crippen LogP contribution in [0.25, 0.3) is 0 Å². The summed E-state index contributed by atoms with van der Waals surface area (Å²) in [7, 11) is 0. The molecule has 2 aliphatic heterocycles. The average molecular weight is 336 g/mol. The number of ether oxygens (including phenoxy) is 2. The van der Waals surface area contributed by atoms with E-state index < -0.39 is 48.9 Å². The number of hydrogen-bond acceptors (Lipinski definition) is 9. The SMILES string of the molecule is CC1=C(O)C(=O)OC1C(O)CO.CCC1OC[C@@H](O)C(O)[C@H]1O. The fourth-order valence-electron chi connectivity index (χ4n) is 2.24. The summed E-state index contributed by atoms with van der Waals surface area (Å²) in [5.74, 6) is -1.34. The minimum absolute atomic E-state index is 0.108. The first kappa shape index (κ1) is 19.8. The highest BCUT2D eigenvalue weighted by atomic mass is 16.6. The van der Waals surface area contributed by atoms with Crippen molar-refractivity contribution in [3.05, 3.63) is 11.3 Å². The van der Waals surface area contributed by atoms with Gasteiger partial charge in [0.1, 0.15) is 24.4 Å². The predicted molar refractivity (Wildman–Crippen MR) is 76.4 cm³/mol. The third kappa shape index (κ3) is 4.63. The summed E-state index contributed by atoms with van der Waals surface area (Å²) in [6.45, 7) is 2.92. The summed E-state index contributed by atoms with van der Waals surface area (Å²) < 4.78 is 9.63. The molecule has 2 rings (SSSR count). The maximum Gasteiger partial charge on any atom is 0.374 e. The summed E-state index contributed by atoms with van der Waals surface area (Å²) in [5.41, 5.74) is 0.251. The molecule has 2 aliphatic rings. The second-order valence-corrected chi connectivity index (χ2v) is 5.44. The quantitative estimate of drug-likeness (QED) is 0.320. The van der Waals surface area contributed by atoms with Crippen LogP contribution < -0.4 is 0 Å². The van der Waals surface area contributed by atoms with E-state index in [9.17, 15) is 9.90 Å². The number of aliphatic hydroxyl groups is 6. The van der Waals surface area contributed by atoms with Gasteiger partial charge in [-0.25, -0.2) is 4.79 Å². The number of cyclic esters (lactones) is 1. The number of hydrogen-bond donors (Lipinski definition) is 6. The smallest absolute Gasteiger partial charge is 0.374 e. The maximum atomic E-state index is 10.7. The Morgan fingerprint density at radius 2 is 1.87 bits per heavy atom. The van der Waals surface area contributed by atoms with Crippen molar-refractivity contribution in [2.24, 2.45) is 0 Å². The summed E-state index contributed by atoms with van der Waals surface area (Å²) in [6, 6.07) is 0. The maximum absolute atomic E-state index is 10.7. The van der Waals surface area contributed by atoms with E-state index in [1.807, 2.05) is 6.92 Å². The van der Waals surface area contributed by atoms with Crippen molar-refractivity contribution >= 4 is 5.97 Å². The monoisotopic (exact) mass is 336 g/mol. The van der Waals surface area contributed by atoms with Crippen molar-refractivity contribution in [1.29, 1.82) is 0 Å². The van der Waals surface area contributed by atoms with Gasteiger partial charge in [0.25, 0.3) is 0 Å². The van der Waals surface area contributed by atoms with Gasteiger partial charge in [0.15, 0.2) is 6.10 Å². The third-order valence-corrected chi connectivity index (χ3v) is 3.77. The summed E-state index contributed by atoms with van der Waals surface area (Å²) in [4.78, 5) is 10.7. The van der Waals surface area contributed by atoms with Crippen LogP contribution in [0.1, 0.15) is 20.3 Å². The Labute approximate surface area is 133 Å². The number of rotatable bonds is 3. The lowest BCUT2D eigenvalue weighted by atomic mass is 9.99. The first-order chi connectivity index (χ1) is 10.7. The molecule has 4 unspecified atom stereocenters.